The molecule has 0 saturated heterocycles. The molecule has 1 N–H and O–H groups in total. The van der Waals surface area contributed by atoms with Crippen molar-refractivity contribution in [2.24, 2.45) is 0 Å². The molecule has 0 aliphatic carbocycles. The summed E-state index contributed by atoms with van der Waals surface area (Å²) in [6.07, 6.45) is 5.18. The van der Waals surface area contributed by atoms with Crippen molar-refractivity contribution in [2.45, 2.75) is 13.3 Å². The third kappa shape index (κ3) is 5.67. The van der Waals surface area contributed by atoms with Crippen molar-refractivity contribution in [3.63, 3.8) is 0 Å². The summed E-state index contributed by atoms with van der Waals surface area (Å²) in [6, 6.07) is 0. The predicted octanol–water partition coefficient (Wildman–Crippen LogP) is 2.32. The van der Waals surface area contributed by atoms with Gasteiger partial charge in [-0.2, -0.15) is 0 Å². The van der Waals surface area contributed by atoms with E-state index < -0.39 is 0 Å². The molecule has 0 heterocycles. The second-order valence-corrected chi connectivity index (χ2v) is 2.74. The molecular weight excluding hydrogens is 162 g/mol. The fraction of sp³-hybridized carbons (Fsp3) is 0.182. The minimum Gasteiger partial charge on any atom is -0.326 e. The molecule has 2 heteroatoms. The van der Waals surface area contributed by atoms with Gasteiger partial charge in [0.25, 0.3) is 0 Å². The molecule has 0 atom stereocenters. The van der Waals surface area contributed by atoms with Crippen molar-refractivity contribution >= 4 is 5.91 Å². The Morgan fingerprint density at radius 3 is 2.46 bits per heavy atom. The molecule has 0 bridgehead atoms. The number of hydrogen-bond donors (Lipinski definition) is 1. The largest absolute Gasteiger partial charge is 0.326 e. The molecule has 0 saturated carbocycles. The minimum atomic E-state index is -0.0829. The quantitative estimate of drug-likeness (QED) is 0.506. The number of carbonyl (C=O) groups is 1. The molecule has 0 aliphatic heterocycles. The van der Waals surface area contributed by atoms with E-state index in [9.17, 15) is 4.79 Å². The van der Waals surface area contributed by atoms with Crippen LogP contribution in [-0.2, 0) is 4.79 Å². The van der Waals surface area contributed by atoms with Crippen LogP contribution in [0.4, 0.5) is 0 Å². The van der Waals surface area contributed by atoms with Crippen LogP contribution in [-0.4, -0.2) is 5.91 Å². The number of allylic oxidation sites excluding steroid dienone is 3. The van der Waals surface area contributed by atoms with Gasteiger partial charge >= 0.3 is 0 Å². The first-order valence-corrected chi connectivity index (χ1v) is 3.99. The average molecular weight is 177 g/mol. The summed E-state index contributed by atoms with van der Waals surface area (Å²) < 4.78 is 0. The number of hydrogen-bond acceptors (Lipinski definition) is 1. The maximum Gasteiger partial charge on any atom is 0.228 e. The Kier molecular flexibility index (Phi) is 5.28. The maximum atomic E-state index is 11.2. The first-order chi connectivity index (χ1) is 6.10. The van der Waals surface area contributed by atoms with Gasteiger partial charge in [0.2, 0.25) is 5.91 Å². The number of carbonyl (C=O) groups excluding carboxylic acids is 1. The van der Waals surface area contributed by atoms with Gasteiger partial charge in [-0.05, 0) is 19.1 Å². The third-order valence-electron chi connectivity index (χ3n) is 1.26. The molecule has 0 unspecified atom stereocenters. The molecule has 0 rings (SSSR count). The number of rotatable bonds is 5. The number of amides is 1. The SMILES string of the molecule is C=CC=C(C=C)NC(=O)CC(=C)C. The van der Waals surface area contributed by atoms with Crippen LogP contribution in [0.25, 0.3) is 0 Å². The van der Waals surface area contributed by atoms with Crippen molar-refractivity contribution < 1.29 is 4.79 Å². The molecule has 0 aromatic carbocycles. The zero-order chi connectivity index (χ0) is 10.3. The van der Waals surface area contributed by atoms with Crippen LogP contribution in [0.1, 0.15) is 13.3 Å². The van der Waals surface area contributed by atoms with Crippen LogP contribution < -0.4 is 5.32 Å². The first-order valence-electron chi connectivity index (χ1n) is 3.99. The lowest BCUT2D eigenvalue weighted by Crippen LogP contribution is -2.21. The summed E-state index contributed by atoms with van der Waals surface area (Å²) in [7, 11) is 0. The highest BCUT2D eigenvalue weighted by Gasteiger charge is 2.00. The van der Waals surface area contributed by atoms with Gasteiger partial charge in [0.15, 0.2) is 0 Å². The van der Waals surface area contributed by atoms with Gasteiger partial charge in [-0.25, -0.2) is 0 Å². The summed E-state index contributed by atoms with van der Waals surface area (Å²) >= 11 is 0. The molecule has 13 heavy (non-hydrogen) atoms. The van der Waals surface area contributed by atoms with Crippen LogP contribution in [0.5, 0.6) is 0 Å². The Balaban J connectivity index is 4.17. The first kappa shape index (κ1) is 11.4. The van der Waals surface area contributed by atoms with E-state index in [2.05, 4.69) is 25.1 Å². The smallest absolute Gasteiger partial charge is 0.228 e. The second kappa shape index (κ2) is 6.00. The standard InChI is InChI=1S/C11H15NO/c1-5-7-10(6-2)12-11(13)8-9(3)4/h5-7H,1-3,8H2,4H3,(H,12,13). The molecule has 1 amide bonds. The van der Waals surface area contributed by atoms with Gasteiger partial charge < -0.3 is 5.32 Å². The van der Waals surface area contributed by atoms with Crippen LogP contribution in [0.15, 0.2) is 49.2 Å². The van der Waals surface area contributed by atoms with Gasteiger partial charge in [0.1, 0.15) is 0 Å². The Morgan fingerprint density at radius 1 is 1.46 bits per heavy atom. The third-order valence-corrected chi connectivity index (χ3v) is 1.26. The molecular formula is C11H15NO. The average Bonchev–Trinajstić information content (AvgIpc) is 2.02. The summed E-state index contributed by atoms with van der Waals surface area (Å²) in [6.45, 7) is 12.5. The van der Waals surface area contributed by atoms with E-state index in [0.29, 0.717) is 12.1 Å². The van der Waals surface area contributed by atoms with Crippen molar-refractivity contribution in [3.05, 3.63) is 49.2 Å². The summed E-state index contributed by atoms with van der Waals surface area (Å²) in [5.41, 5.74) is 1.49. The van der Waals surface area contributed by atoms with Gasteiger partial charge in [-0.1, -0.05) is 31.4 Å². The Morgan fingerprint density at radius 2 is 2.08 bits per heavy atom. The maximum absolute atomic E-state index is 11.2. The molecule has 70 valence electrons. The van der Waals surface area contributed by atoms with E-state index in [0.717, 1.165) is 5.57 Å². The van der Waals surface area contributed by atoms with Gasteiger partial charge in [-0.3, -0.25) is 4.79 Å². The van der Waals surface area contributed by atoms with Crippen LogP contribution in [0.3, 0.4) is 0 Å². The number of nitrogens with one attached hydrogen (secondary N) is 1. The zero-order valence-corrected chi connectivity index (χ0v) is 7.97. The van der Waals surface area contributed by atoms with Gasteiger partial charge in [0.05, 0.1) is 0 Å². The highest BCUT2D eigenvalue weighted by molar-refractivity contribution is 5.80. The van der Waals surface area contributed by atoms with Crippen molar-refractivity contribution in [1.29, 1.82) is 0 Å². The van der Waals surface area contributed by atoms with Crippen molar-refractivity contribution in [3.8, 4) is 0 Å². The van der Waals surface area contributed by atoms with E-state index in [1.807, 2.05) is 6.92 Å². The topological polar surface area (TPSA) is 29.1 Å². The van der Waals surface area contributed by atoms with E-state index in [1.165, 1.54) is 0 Å². The lowest BCUT2D eigenvalue weighted by atomic mass is 10.2. The predicted molar refractivity (Wildman–Crippen MR) is 56.1 cm³/mol. The fourth-order valence-corrected chi connectivity index (χ4v) is 0.767. The van der Waals surface area contributed by atoms with E-state index in [4.69, 9.17) is 0 Å². The highest BCUT2D eigenvalue weighted by atomic mass is 16.1. The van der Waals surface area contributed by atoms with Crippen molar-refractivity contribution in [1.82, 2.24) is 5.32 Å². The molecule has 0 aliphatic rings. The molecule has 0 radical (unpaired) electrons. The summed E-state index contributed by atoms with van der Waals surface area (Å²) in [4.78, 5) is 11.2. The molecule has 0 fully saturated rings. The second-order valence-electron chi connectivity index (χ2n) is 2.74. The lowest BCUT2D eigenvalue weighted by Gasteiger charge is -2.04. The monoisotopic (exact) mass is 177 g/mol. The van der Waals surface area contributed by atoms with Gasteiger partial charge in [-0.15, -0.1) is 0 Å². The normalized spacial score (nSPS) is 10.4. The molecule has 0 spiro atoms. The van der Waals surface area contributed by atoms with Crippen LogP contribution in [0.2, 0.25) is 0 Å². The van der Waals surface area contributed by atoms with E-state index in [-0.39, 0.29) is 5.91 Å². The van der Waals surface area contributed by atoms with E-state index >= 15 is 0 Å². The van der Waals surface area contributed by atoms with Crippen molar-refractivity contribution in [2.75, 3.05) is 0 Å². The summed E-state index contributed by atoms with van der Waals surface area (Å²) in [5, 5.41) is 2.67. The highest BCUT2D eigenvalue weighted by Crippen LogP contribution is 1.97. The Bertz CT molecular complexity index is 261. The summed E-state index contributed by atoms with van der Waals surface area (Å²) in [5.74, 6) is -0.0829. The lowest BCUT2D eigenvalue weighted by molar-refractivity contribution is -0.119. The van der Waals surface area contributed by atoms with Crippen LogP contribution in [0, 0.1) is 0 Å². The molecule has 0 aromatic rings. The zero-order valence-electron chi connectivity index (χ0n) is 7.97. The van der Waals surface area contributed by atoms with Crippen LogP contribution >= 0.6 is 0 Å². The Labute approximate surface area is 79.3 Å². The van der Waals surface area contributed by atoms with E-state index in [1.54, 1.807) is 18.2 Å². The molecule has 0 aromatic heterocycles. The minimum absolute atomic E-state index is 0.0829. The Hall–Kier alpha value is -1.57. The fourth-order valence-electron chi connectivity index (χ4n) is 0.767. The molecule has 2 nitrogen and oxygen atoms in total. The van der Waals surface area contributed by atoms with Gasteiger partial charge in [0, 0.05) is 12.1 Å².